The Morgan fingerprint density at radius 1 is 0.821 bits per heavy atom. The van der Waals surface area contributed by atoms with Crippen LogP contribution in [0.25, 0.3) is 0 Å². The van der Waals surface area contributed by atoms with Crippen molar-refractivity contribution in [1.29, 1.82) is 0 Å². The lowest BCUT2D eigenvalue weighted by Crippen LogP contribution is -2.38. The molecule has 7 nitrogen and oxygen atoms in total. The van der Waals surface area contributed by atoms with Crippen molar-refractivity contribution < 1.29 is 14.3 Å². The highest BCUT2D eigenvalue weighted by Crippen LogP contribution is 2.28. The van der Waals surface area contributed by atoms with Crippen LogP contribution in [0.1, 0.15) is 114 Å². The van der Waals surface area contributed by atoms with Crippen LogP contribution in [0.15, 0.2) is 18.2 Å². The highest BCUT2D eigenvalue weighted by atomic mass is 16.5. The van der Waals surface area contributed by atoms with Gasteiger partial charge in [-0.3, -0.25) is 14.5 Å². The molecule has 1 aromatic carbocycles. The first kappa shape index (κ1) is 31.4. The summed E-state index contributed by atoms with van der Waals surface area (Å²) < 4.78 is 5.41. The molecule has 2 heterocycles. The number of ether oxygens (including phenoxy) is 1. The summed E-state index contributed by atoms with van der Waals surface area (Å²) in [4.78, 5) is 30.5. The van der Waals surface area contributed by atoms with Crippen molar-refractivity contribution in [3.63, 3.8) is 0 Å². The number of benzene rings is 1. The van der Waals surface area contributed by atoms with Gasteiger partial charge < -0.3 is 20.3 Å². The first-order valence-electron chi connectivity index (χ1n) is 15.9. The van der Waals surface area contributed by atoms with Crippen LogP contribution in [0.2, 0.25) is 0 Å². The highest BCUT2D eigenvalue weighted by Gasteiger charge is 2.20. The smallest absolute Gasteiger partial charge is 0.253 e. The van der Waals surface area contributed by atoms with E-state index in [-0.39, 0.29) is 11.8 Å². The third-order valence-corrected chi connectivity index (χ3v) is 8.02. The summed E-state index contributed by atoms with van der Waals surface area (Å²) in [5.41, 5.74) is 2.35. The fourth-order valence-electron chi connectivity index (χ4n) is 5.63. The Morgan fingerprint density at radius 3 is 2.13 bits per heavy atom. The second-order valence-electron chi connectivity index (χ2n) is 11.3. The van der Waals surface area contributed by atoms with Crippen molar-refractivity contribution in [3.8, 4) is 0 Å². The molecule has 1 aromatic rings. The molecule has 0 aliphatic carbocycles. The zero-order valence-corrected chi connectivity index (χ0v) is 24.6. The van der Waals surface area contributed by atoms with E-state index in [1.54, 1.807) is 0 Å². The Balaban J connectivity index is 1.39. The summed E-state index contributed by atoms with van der Waals surface area (Å²) in [6.45, 7) is 9.35. The molecular formula is C32H54N4O3. The number of hydrogen-bond acceptors (Lipinski definition) is 5. The molecule has 2 N–H and O–H groups in total. The maximum absolute atomic E-state index is 13.2. The molecule has 0 aromatic heterocycles. The van der Waals surface area contributed by atoms with Crippen LogP contribution in [0.3, 0.4) is 0 Å². The minimum atomic E-state index is -0.0552. The van der Waals surface area contributed by atoms with Crippen LogP contribution in [0.4, 0.5) is 11.4 Å². The summed E-state index contributed by atoms with van der Waals surface area (Å²) >= 11 is 0. The van der Waals surface area contributed by atoms with Crippen molar-refractivity contribution in [1.82, 2.24) is 10.2 Å². The lowest BCUT2D eigenvalue weighted by Gasteiger charge is -2.26. The number of unbranched alkanes of at least 4 members (excludes halogenated alkanes) is 10. The van der Waals surface area contributed by atoms with Gasteiger partial charge in [0.2, 0.25) is 5.91 Å². The largest absolute Gasteiger partial charge is 0.379 e. The Kier molecular flexibility index (Phi) is 15.3. The lowest BCUT2D eigenvalue weighted by atomic mass is 10.1. The number of rotatable bonds is 19. The molecule has 0 unspecified atom stereocenters. The van der Waals surface area contributed by atoms with Gasteiger partial charge in [0, 0.05) is 50.5 Å². The monoisotopic (exact) mass is 542 g/mol. The van der Waals surface area contributed by atoms with E-state index in [1.807, 2.05) is 18.2 Å². The number of morpholine rings is 1. The average Bonchev–Trinajstić information content (AvgIpc) is 3.49. The third kappa shape index (κ3) is 12.3. The number of nitrogens with zero attached hydrogens (tertiary/aromatic N) is 2. The van der Waals surface area contributed by atoms with Crippen molar-refractivity contribution in [2.45, 2.75) is 103 Å². The summed E-state index contributed by atoms with van der Waals surface area (Å²) in [5, 5.41) is 6.17. The van der Waals surface area contributed by atoms with Crippen molar-refractivity contribution in [2.24, 2.45) is 0 Å². The number of amides is 2. The van der Waals surface area contributed by atoms with Crippen LogP contribution in [0, 0.1) is 0 Å². The first-order chi connectivity index (χ1) is 19.2. The van der Waals surface area contributed by atoms with E-state index in [2.05, 4.69) is 27.4 Å². The number of carbonyl (C=O) groups is 2. The molecule has 2 fully saturated rings. The van der Waals surface area contributed by atoms with Gasteiger partial charge in [-0.2, -0.15) is 0 Å². The molecule has 0 saturated carbocycles. The molecule has 0 spiro atoms. The molecule has 7 heteroatoms. The second kappa shape index (κ2) is 19.0. The molecule has 39 heavy (non-hydrogen) atoms. The summed E-state index contributed by atoms with van der Waals surface area (Å²) in [5.74, 6) is -0.0166. The van der Waals surface area contributed by atoms with E-state index < -0.39 is 0 Å². The van der Waals surface area contributed by atoms with Gasteiger partial charge in [0.15, 0.2) is 0 Å². The predicted octanol–water partition coefficient (Wildman–Crippen LogP) is 6.38. The van der Waals surface area contributed by atoms with E-state index in [0.717, 1.165) is 83.7 Å². The maximum atomic E-state index is 13.2. The highest BCUT2D eigenvalue weighted by molar-refractivity contribution is 6.02. The molecule has 0 bridgehead atoms. The van der Waals surface area contributed by atoms with Gasteiger partial charge in [-0.1, -0.05) is 71.1 Å². The summed E-state index contributed by atoms with van der Waals surface area (Å²) in [6.07, 6.45) is 17.7. The zero-order chi connectivity index (χ0) is 27.5. The normalized spacial score (nSPS) is 16.0. The Hall–Kier alpha value is -2.12. The lowest BCUT2D eigenvalue weighted by molar-refractivity contribution is -0.116. The maximum Gasteiger partial charge on any atom is 0.253 e. The molecule has 2 amide bonds. The minimum absolute atomic E-state index is 0.0386. The van der Waals surface area contributed by atoms with Crippen molar-refractivity contribution in [3.05, 3.63) is 23.8 Å². The van der Waals surface area contributed by atoms with Crippen molar-refractivity contribution in [2.75, 3.05) is 62.7 Å². The van der Waals surface area contributed by atoms with Gasteiger partial charge in [0.25, 0.3) is 5.91 Å². The number of carbonyl (C=O) groups excluding carboxylic acids is 2. The van der Waals surface area contributed by atoms with Crippen LogP contribution < -0.4 is 15.5 Å². The van der Waals surface area contributed by atoms with Gasteiger partial charge in [0.1, 0.15) is 0 Å². The van der Waals surface area contributed by atoms with E-state index >= 15 is 0 Å². The zero-order valence-electron chi connectivity index (χ0n) is 24.6. The van der Waals surface area contributed by atoms with Crippen LogP contribution in [-0.4, -0.2) is 69.2 Å². The van der Waals surface area contributed by atoms with Crippen LogP contribution in [-0.2, 0) is 9.53 Å². The third-order valence-electron chi connectivity index (χ3n) is 8.02. The fourth-order valence-corrected chi connectivity index (χ4v) is 5.63. The van der Waals surface area contributed by atoms with Gasteiger partial charge in [-0.25, -0.2) is 0 Å². The van der Waals surface area contributed by atoms with Gasteiger partial charge in [0.05, 0.1) is 18.8 Å². The van der Waals surface area contributed by atoms with E-state index in [0.29, 0.717) is 24.2 Å². The average molecular weight is 543 g/mol. The van der Waals surface area contributed by atoms with Crippen LogP contribution in [0.5, 0.6) is 0 Å². The summed E-state index contributed by atoms with van der Waals surface area (Å²) in [6, 6.07) is 5.82. The molecule has 220 valence electrons. The Bertz CT molecular complexity index is 835. The number of nitrogens with one attached hydrogen (secondary N) is 2. The van der Waals surface area contributed by atoms with Crippen molar-refractivity contribution >= 4 is 23.2 Å². The molecular weight excluding hydrogens is 488 g/mol. The quantitative estimate of drug-likeness (QED) is 0.199. The summed E-state index contributed by atoms with van der Waals surface area (Å²) in [7, 11) is 0. The molecule has 2 aliphatic rings. The Morgan fingerprint density at radius 2 is 1.46 bits per heavy atom. The molecule has 0 atom stereocenters. The first-order valence-corrected chi connectivity index (χ1v) is 15.9. The molecule has 3 rings (SSSR count). The minimum Gasteiger partial charge on any atom is -0.379 e. The van der Waals surface area contributed by atoms with Crippen LogP contribution >= 0.6 is 0 Å². The van der Waals surface area contributed by atoms with E-state index in [4.69, 9.17) is 4.74 Å². The van der Waals surface area contributed by atoms with E-state index in [9.17, 15) is 9.59 Å². The SMILES string of the molecule is CCCCCCCCCCCCCC(=O)Nc1ccc(N2CCCC2)c(C(=O)NCCCN2CCOCC2)c1. The molecule has 2 aliphatic heterocycles. The predicted molar refractivity (Wildman–Crippen MR) is 162 cm³/mol. The number of anilines is 2. The van der Waals surface area contributed by atoms with Gasteiger partial charge in [-0.05, 0) is 50.4 Å². The van der Waals surface area contributed by atoms with E-state index in [1.165, 1.54) is 57.8 Å². The Labute approximate surface area is 237 Å². The molecule has 0 radical (unpaired) electrons. The number of hydrogen-bond donors (Lipinski definition) is 2. The molecule has 2 saturated heterocycles. The topological polar surface area (TPSA) is 73.9 Å². The van der Waals surface area contributed by atoms with Gasteiger partial charge >= 0.3 is 0 Å². The second-order valence-corrected chi connectivity index (χ2v) is 11.3. The van der Waals surface area contributed by atoms with Gasteiger partial charge in [-0.15, -0.1) is 0 Å². The fraction of sp³-hybridized carbons (Fsp3) is 0.750. The standard InChI is InChI=1S/C32H54N4O3/c1-2-3-4-5-6-7-8-9-10-11-12-16-31(37)34-28-17-18-30(36-21-13-14-22-36)29(27-28)32(38)33-19-15-20-35-23-25-39-26-24-35/h17-18,27H,2-16,19-26H2,1H3,(H,33,38)(H,34,37).